The number of rotatable bonds is 1. The predicted molar refractivity (Wildman–Crippen MR) is 44.7 cm³/mol. The molecule has 0 aliphatic heterocycles. The van der Waals surface area contributed by atoms with Gasteiger partial charge in [0.15, 0.2) is 0 Å². The summed E-state index contributed by atoms with van der Waals surface area (Å²) in [6.07, 6.45) is 1.25. The third kappa shape index (κ3) is 2.28. The van der Waals surface area contributed by atoms with E-state index < -0.39 is 9.05 Å². The minimum Gasteiger partial charge on any atom is -0.352 e. The van der Waals surface area contributed by atoms with Crippen LogP contribution in [0.25, 0.3) is 0 Å². The summed E-state index contributed by atoms with van der Waals surface area (Å²) in [7, 11) is 1.40. The lowest BCUT2D eigenvalue weighted by Crippen LogP contribution is -1.90. The first-order valence-corrected chi connectivity index (χ1v) is 5.35. The maximum Gasteiger partial charge on any atom is 0.262 e. The van der Waals surface area contributed by atoms with Gasteiger partial charge in [0.25, 0.3) is 9.05 Å². The van der Waals surface area contributed by atoms with Gasteiger partial charge in [0.2, 0.25) is 0 Å². The third-order valence-corrected chi connectivity index (χ3v) is 2.64. The fourth-order valence-corrected chi connectivity index (χ4v) is 1.39. The second-order valence-corrected chi connectivity index (χ2v) is 4.83. The van der Waals surface area contributed by atoms with Crippen LogP contribution in [0.4, 0.5) is 0 Å². The molecule has 0 aromatic carbocycles. The van der Waals surface area contributed by atoms with E-state index in [2.05, 4.69) is 4.98 Å². The van der Waals surface area contributed by atoms with Gasteiger partial charge in [0, 0.05) is 16.9 Å². The van der Waals surface area contributed by atoms with Crippen LogP contribution in [0, 0.1) is 4.64 Å². The summed E-state index contributed by atoms with van der Waals surface area (Å²) in [4.78, 5) is 2.58. The molecule has 1 aromatic heterocycles. The summed E-state index contributed by atoms with van der Waals surface area (Å²) in [5.41, 5.74) is 0. The number of aromatic nitrogens is 1. The third-order valence-electron chi connectivity index (χ3n) is 1.04. The Morgan fingerprint density at radius 2 is 2.09 bits per heavy atom. The average Bonchev–Trinajstić information content (AvgIpc) is 1.86. The highest BCUT2D eigenvalue weighted by Gasteiger charge is 2.07. The zero-order valence-electron chi connectivity index (χ0n) is 5.24. The molecule has 1 N–H and O–H groups in total. The van der Waals surface area contributed by atoms with E-state index in [0.717, 1.165) is 0 Å². The van der Waals surface area contributed by atoms with Crippen molar-refractivity contribution < 1.29 is 8.42 Å². The monoisotopic (exact) mass is 209 g/mol. The maximum atomic E-state index is 10.7. The van der Waals surface area contributed by atoms with Crippen LogP contribution in [0.2, 0.25) is 0 Å². The molecule has 6 heteroatoms. The first-order chi connectivity index (χ1) is 5.00. The van der Waals surface area contributed by atoms with Crippen LogP contribution < -0.4 is 0 Å². The summed E-state index contributed by atoms with van der Waals surface area (Å²) in [5, 5.41) is 0. The van der Waals surface area contributed by atoms with Crippen LogP contribution in [0.5, 0.6) is 0 Å². The second-order valence-electron chi connectivity index (χ2n) is 1.83. The van der Waals surface area contributed by atoms with E-state index in [9.17, 15) is 8.42 Å². The summed E-state index contributed by atoms with van der Waals surface area (Å²) >= 11 is 4.70. The first kappa shape index (κ1) is 8.70. The van der Waals surface area contributed by atoms with E-state index >= 15 is 0 Å². The molecule has 0 aliphatic rings. The second kappa shape index (κ2) is 2.92. The zero-order valence-corrected chi connectivity index (χ0v) is 7.63. The number of hydrogen-bond acceptors (Lipinski definition) is 3. The molecule has 3 nitrogen and oxygen atoms in total. The maximum absolute atomic E-state index is 10.7. The molecule has 0 saturated heterocycles. The molecule has 0 saturated carbocycles. The lowest BCUT2D eigenvalue weighted by molar-refractivity contribution is 0.609. The Kier molecular flexibility index (Phi) is 2.31. The minimum absolute atomic E-state index is 0.0211. The Morgan fingerprint density at radius 3 is 2.45 bits per heavy atom. The molecule has 1 aromatic rings. The number of H-pyrrole nitrogens is 1. The molecular weight excluding hydrogens is 206 g/mol. The molecule has 0 spiro atoms. The molecule has 11 heavy (non-hydrogen) atoms. The zero-order chi connectivity index (χ0) is 8.48. The Balaban J connectivity index is 3.31. The summed E-state index contributed by atoms with van der Waals surface area (Å²) in [5.74, 6) is 0. The highest BCUT2D eigenvalue weighted by Crippen LogP contribution is 2.11. The molecule has 0 aliphatic carbocycles. The van der Waals surface area contributed by atoms with E-state index in [4.69, 9.17) is 22.9 Å². The van der Waals surface area contributed by atoms with Crippen molar-refractivity contribution in [2.24, 2.45) is 0 Å². The van der Waals surface area contributed by atoms with Crippen molar-refractivity contribution in [1.29, 1.82) is 0 Å². The van der Waals surface area contributed by atoms with Crippen molar-refractivity contribution in [3.05, 3.63) is 23.0 Å². The van der Waals surface area contributed by atoms with Crippen molar-refractivity contribution in [3.8, 4) is 0 Å². The summed E-state index contributed by atoms with van der Waals surface area (Å²) < 4.78 is 21.8. The van der Waals surface area contributed by atoms with E-state index in [1.54, 1.807) is 0 Å². The highest BCUT2D eigenvalue weighted by atomic mass is 35.7. The molecular formula is C5H4ClNO2S2. The van der Waals surface area contributed by atoms with Crippen molar-refractivity contribution in [3.63, 3.8) is 0 Å². The molecule has 0 unspecified atom stereocenters. The standard InChI is InChI=1S/C5H4ClNO2S2/c6-11(8,9)4-1-2-5(10)7-3-4/h1-3H,(H,7,10). The highest BCUT2D eigenvalue weighted by molar-refractivity contribution is 8.13. The van der Waals surface area contributed by atoms with E-state index in [0.29, 0.717) is 4.64 Å². The Bertz CT molecular complexity index is 388. The van der Waals surface area contributed by atoms with Crippen LogP contribution in [0.1, 0.15) is 0 Å². The van der Waals surface area contributed by atoms with Crippen LogP contribution in [-0.4, -0.2) is 13.4 Å². The van der Waals surface area contributed by atoms with Gasteiger partial charge in [-0.15, -0.1) is 0 Å². The molecule has 0 fully saturated rings. The number of aromatic amines is 1. The molecule has 1 rings (SSSR count). The van der Waals surface area contributed by atoms with Gasteiger partial charge in [0.1, 0.15) is 4.64 Å². The summed E-state index contributed by atoms with van der Waals surface area (Å²) in [6.45, 7) is 0. The van der Waals surface area contributed by atoms with Crippen LogP contribution in [0.3, 0.4) is 0 Å². The fourth-order valence-electron chi connectivity index (χ4n) is 0.548. The van der Waals surface area contributed by atoms with Crippen molar-refractivity contribution in [2.75, 3.05) is 0 Å². The SMILES string of the molecule is O=S(=O)(Cl)c1ccc(=S)[nH]c1. The first-order valence-electron chi connectivity index (χ1n) is 2.63. The number of halogens is 1. The fraction of sp³-hybridized carbons (Fsp3) is 0. The van der Waals surface area contributed by atoms with E-state index in [-0.39, 0.29) is 4.90 Å². The summed E-state index contributed by atoms with van der Waals surface area (Å²) in [6, 6.07) is 2.81. The largest absolute Gasteiger partial charge is 0.352 e. The minimum atomic E-state index is -3.62. The molecule has 0 bridgehead atoms. The number of nitrogens with one attached hydrogen (secondary N) is 1. The quantitative estimate of drug-likeness (QED) is 0.566. The van der Waals surface area contributed by atoms with Crippen molar-refractivity contribution in [2.45, 2.75) is 4.90 Å². The molecule has 0 amide bonds. The Labute approximate surface area is 73.4 Å². The van der Waals surface area contributed by atoms with Gasteiger partial charge >= 0.3 is 0 Å². The van der Waals surface area contributed by atoms with Crippen LogP contribution in [0.15, 0.2) is 23.2 Å². The van der Waals surface area contributed by atoms with Crippen molar-refractivity contribution in [1.82, 2.24) is 4.98 Å². The lowest BCUT2D eigenvalue weighted by atomic mass is 10.5. The van der Waals surface area contributed by atoms with Gasteiger partial charge in [-0.05, 0) is 12.1 Å². The normalized spacial score (nSPS) is 11.4. The molecule has 0 radical (unpaired) electrons. The number of pyridine rings is 1. The van der Waals surface area contributed by atoms with Crippen molar-refractivity contribution >= 4 is 32.0 Å². The average molecular weight is 210 g/mol. The Hall–Kier alpha value is -0.390. The van der Waals surface area contributed by atoms with Gasteiger partial charge in [0.05, 0.1) is 4.90 Å². The number of hydrogen-bond donors (Lipinski definition) is 1. The van der Waals surface area contributed by atoms with Crippen LogP contribution >= 0.6 is 22.9 Å². The van der Waals surface area contributed by atoms with Gasteiger partial charge in [-0.3, -0.25) is 0 Å². The molecule has 0 atom stereocenters. The lowest BCUT2D eigenvalue weighted by Gasteiger charge is -1.92. The predicted octanol–water partition coefficient (Wildman–Crippen LogP) is 1.67. The van der Waals surface area contributed by atoms with Gasteiger partial charge in [-0.25, -0.2) is 8.42 Å². The molecule has 1 heterocycles. The Morgan fingerprint density at radius 1 is 1.45 bits per heavy atom. The topological polar surface area (TPSA) is 49.9 Å². The smallest absolute Gasteiger partial charge is 0.262 e. The molecule has 60 valence electrons. The van der Waals surface area contributed by atoms with Gasteiger partial charge in [-0.1, -0.05) is 12.2 Å². The van der Waals surface area contributed by atoms with E-state index in [1.807, 2.05) is 0 Å². The van der Waals surface area contributed by atoms with Gasteiger partial charge < -0.3 is 4.98 Å². The van der Waals surface area contributed by atoms with Crippen LogP contribution in [-0.2, 0) is 9.05 Å². The van der Waals surface area contributed by atoms with E-state index in [1.165, 1.54) is 18.3 Å². The van der Waals surface area contributed by atoms with Gasteiger partial charge in [-0.2, -0.15) is 0 Å².